The maximum Gasteiger partial charge on any atom is 0.372 e. The fourth-order valence-electron chi connectivity index (χ4n) is 1.49. The van der Waals surface area contributed by atoms with Crippen LogP contribution in [0.1, 0.15) is 16.1 Å². The largest absolute Gasteiger partial charge is 0.475 e. The zero-order chi connectivity index (χ0) is 11.7. The Balaban J connectivity index is 2.54. The topological polar surface area (TPSA) is 50.4 Å². The third-order valence-electron chi connectivity index (χ3n) is 2.25. The van der Waals surface area contributed by atoms with Gasteiger partial charge in [-0.15, -0.1) is 0 Å². The van der Waals surface area contributed by atoms with Crippen LogP contribution in [0.5, 0.6) is 0 Å². The van der Waals surface area contributed by atoms with E-state index >= 15 is 0 Å². The first-order chi connectivity index (χ1) is 7.59. The van der Waals surface area contributed by atoms with Gasteiger partial charge in [-0.25, -0.2) is 4.79 Å². The fourth-order valence-corrected chi connectivity index (χ4v) is 1.72. The summed E-state index contributed by atoms with van der Waals surface area (Å²) in [7, 11) is 0. The summed E-state index contributed by atoms with van der Waals surface area (Å²) in [6.45, 7) is 1.69. The molecule has 1 aromatic heterocycles. The lowest BCUT2D eigenvalue weighted by atomic mass is 10.1. The number of hydrogen-bond donors (Lipinski definition) is 1. The molecule has 2 aromatic rings. The molecule has 2 rings (SSSR count). The van der Waals surface area contributed by atoms with Crippen molar-refractivity contribution in [2.24, 2.45) is 0 Å². The van der Waals surface area contributed by atoms with E-state index in [1.54, 1.807) is 31.2 Å². The zero-order valence-electron chi connectivity index (χ0n) is 8.53. The molecule has 0 saturated carbocycles. The molecule has 4 heteroatoms. The molecule has 0 saturated heterocycles. The molecule has 0 radical (unpaired) electrons. The molecule has 0 aliphatic rings. The smallest absolute Gasteiger partial charge is 0.372 e. The minimum atomic E-state index is -1.07. The van der Waals surface area contributed by atoms with Crippen molar-refractivity contribution in [2.45, 2.75) is 6.92 Å². The van der Waals surface area contributed by atoms with E-state index in [0.717, 1.165) is 0 Å². The summed E-state index contributed by atoms with van der Waals surface area (Å²) in [5.74, 6) is -0.647. The van der Waals surface area contributed by atoms with Gasteiger partial charge in [-0.05, 0) is 25.1 Å². The van der Waals surface area contributed by atoms with Gasteiger partial charge in [0, 0.05) is 11.1 Å². The maximum atomic E-state index is 10.8. The van der Waals surface area contributed by atoms with Gasteiger partial charge in [-0.2, -0.15) is 0 Å². The van der Waals surface area contributed by atoms with Crippen LogP contribution in [0.2, 0.25) is 5.02 Å². The second-order valence-electron chi connectivity index (χ2n) is 3.41. The van der Waals surface area contributed by atoms with E-state index in [2.05, 4.69) is 0 Å². The van der Waals surface area contributed by atoms with Gasteiger partial charge in [0.15, 0.2) is 0 Å². The van der Waals surface area contributed by atoms with Gasteiger partial charge in [-0.1, -0.05) is 23.7 Å². The van der Waals surface area contributed by atoms with Gasteiger partial charge in [0.05, 0.1) is 5.02 Å². The highest BCUT2D eigenvalue weighted by Gasteiger charge is 2.16. The van der Waals surface area contributed by atoms with Crippen LogP contribution >= 0.6 is 11.6 Å². The van der Waals surface area contributed by atoms with E-state index < -0.39 is 5.97 Å². The van der Waals surface area contributed by atoms with E-state index in [1.807, 2.05) is 6.07 Å². The van der Waals surface area contributed by atoms with Crippen LogP contribution in [0.25, 0.3) is 11.3 Å². The molecule has 1 aromatic carbocycles. The lowest BCUT2D eigenvalue weighted by Crippen LogP contribution is -1.94. The highest BCUT2D eigenvalue weighted by molar-refractivity contribution is 6.33. The summed E-state index contributed by atoms with van der Waals surface area (Å²) in [5.41, 5.74) is 1.28. The average molecular weight is 237 g/mol. The lowest BCUT2D eigenvalue weighted by Gasteiger charge is -1.98. The minimum absolute atomic E-state index is 0.0464. The number of benzene rings is 1. The van der Waals surface area contributed by atoms with Crippen LogP contribution in [0.4, 0.5) is 0 Å². The summed E-state index contributed by atoms with van der Waals surface area (Å²) >= 11 is 5.99. The molecular formula is C12H9ClO3. The number of furan rings is 1. The Morgan fingerprint density at radius 3 is 2.62 bits per heavy atom. The van der Waals surface area contributed by atoms with Crippen molar-refractivity contribution in [3.05, 3.63) is 46.7 Å². The number of aromatic carboxylic acids is 1. The second kappa shape index (κ2) is 4.02. The first-order valence-corrected chi connectivity index (χ1v) is 5.06. The third kappa shape index (κ3) is 1.82. The number of aryl methyl sites for hydroxylation is 1. The molecule has 1 heterocycles. The van der Waals surface area contributed by atoms with Crippen LogP contribution in [-0.4, -0.2) is 11.1 Å². The predicted octanol–water partition coefficient (Wildman–Crippen LogP) is 3.61. The Kier molecular flexibility index (Phi) is 2.71. The number of hydrogen-bond acceptors (Lipinski definition) is 2. The molecule has 0 unspecified atom stereocenters. The number of carbonyl (C=O) groups is 1. The Hall–Kier alpha value is -1.74. The zero-order valence-corrected chi connectivity index (χ0v) is 9.28. The van der Waals surface area contributed by atoms with Crippen molar-refractivity contribution in [2.75, 3.05) is 0 Å². The van der Waals surface area contributed by atoms with Gasteiger partial charge in [0.2, 0.25) is 5.76 Å². The summed E-state index contributed by atoms with van der Waals surface area (Å²) < 4.78 is 5.26. The van der Waals surface area contributed by atoms with Crippen molar-refractivity contribution in [1.29, 1.82) is 0 Å². The molecule has 3 nitrogen and oxygen atoms in total. The summed E-state index contributed by atoms with van der Waals surface area (Å²) in [6, 6.07) is 8.81. The van der Waals surface area contributed by atoms with Crippen molar-refractivity contribution in [3.8, 4) is 11.3 Å². The van der Waals surface area contributed by atoms with Crippen LogP contribution in [-0.2, 0) is 0 Å². The van der Waals surface area contributed by atoms with E-state index in [9.17, 15) is 4.79 Å². The van der Waals surface area contributed by atoms with Gasteiger partial charge in [-0.3, -0.25) is 0 Å². The average Bonchev–Trinajstić information content (AvgIpc) is 2.61. The molecule has 16 heavy (non-hydrogen) atoms. The standard InChI is InChI=1S/C12H9ClO3/c1-7-6-10(16-11(7)12(14)15)8-4-2-3-5-9(8)13/h2-6H,1H3,(H,14,15). The van der Waals surface area contributed by atoms with Crippen molar-refractivity contribution < 1.29 is 14.3 Å². The molecule has 0 spiro atoms. The Labute approximate surface area is 97.3 Å². The summed E-state index contributed by atoms with van der Waals surface area (Å²) in [4.78, 5) is 10.8. The summed E-state index contributed by atoms with van der Waals surface area (Å²) in [6.07, 6.45) is 0. The predicted molar refractivity (Wildman–Crippen MR) is 60.9 cm³/mol. The molecule has 0 aliphatic heterocycles. The quantitative estimate of drug-likeness (QED) is 0.867. The van der Waals surface area contributed by atoms with Crippen molar-refractivity contribution >= 4 is 17.6 Å². The molecule has 1 N–H and O–H groups in total. The molecular weight excluding hydrogens is 228 g/mol. The maximum absolute atomic E-state index is 10.8. The van der Waals surface area contributed by atoms with Crippen LogP contribution in [0.15, 0.2) is 34.7 Å². The molecule has 0 amide bonds. The number of carboxylic acids is 1. The normalized spacial score (nSPS) is 10.4. The highest BCUT2D eigenvalue weighted by Crippen LogP contribution is 2.30. The molecule has 0 aliphatic carbocycles. The van der Waals surface area contributed by atoms with Gasteiger partial charge >= 0.3 is 5.97 Å². The van der Waals surface area contributed by atoms with E-state index in [1.165, 1.54) is 0 Å². The van der Waals surface area contributed by atoms with Crippen LogP contribution in [0, 0.1) is 6.92 Å². The van der Waals surface area contributed by atoms with E-state index in [0.29, 0.717) is 21.9 Å². The first kappa shape index (κ1) is 10.8. The molecule has 0 atom stereocenters. The van der Waals surface area contributed by atoms with E-state index in [-0.39, 0.29) is 5.76 Å². The first-order valence-electron chi connectivity index (χ1n) is 4.68. The molecule has 82 valence electrons. The Bertz CT molecular complexity index is 543. The van der Waals surface area contributed by atoms with Crippen molar-refractivity contribution in [3.63, 3.8) is 0 Å². The summed E-state index contributed by atoms with van der Waals surface area (Å²) in [5, 5.41) is 9.40. The molecule has 0 fully saturated rings. The fraction of sp³-hybridized carbons (Fsp3) is 0.0833. The van der Waals surface area contributed by atoms with E-state index in [4.69, 9.17) is 21.1 Å². The van der Waals surface area contributed by atoms with Gasteiger partial charge < -0.3 is 9.52 Å². The van der Waals surface area contributed by atoms with Crippen molar-refractivity contribution in [1.82, 2.24) is 0 Å². The third-order valence-corrected chi connectivity index (χ3v) is 2.58. The minimum Gasteiger partial charge on any atom is -0.475 e. The van der Waals surface area contributed by atoms with Gasteiger partial charge in [0.1, 0.15) is 5.76 Å². The van der Waals surface area contributed by atoms with Crippen LogP contribution in [0.3, 0.4) is 0 Å². The monoisotopic (exact) mass is 236 g/mol. The Morgan fingerprint density at radius 1 is 1.38 bits per heavy atom. The number of carboxylic acid groups (broad SMARTS) is 1. The SMILES string of the molecule is Cc1cc(-c2ccccc2Cl)oc1C(=O)O. The number of halogens is 1. The van der Waals surface area contributed by atoms with Gasteiger partial charge in [0.25, 0.3) is 0 Å². The Morgan fingerprint density at radius 2 is 2.06 bits per heavy atom. The highest BCUT2D eigenvalue weighted by atomic mass is 35.5. The molecule has 0 bridgehead atoms. The lowest BCUT2D eigenvalue weighted by molar-refractivity contribution is 0.0662. The second-order valence-corrected chi connectivity index (χ2v) is 3.81. The number of rotatable bonds is 2. The van der Waals surface area contributed by atoms with Crippen LogP contribution < -0.4 is 0 Å².